The summed E-state index contributed by atoms with van der Waals surface area (Å²) in [6, 6.07) is 12.9. The summed E-state index contributed by atoms with van der Waals surface area (Å²) in [5.74, 6) is -0.254. The van der Waals surface area contributed by atoms with Crippen molar-refractivity contribution in [1.82, 2.24) is 15.2 Å². The normalized spacial score (nSPS) is 19.1. The topological polar surface area (TPSA) is 92.8 Å². The van der Waals surface area contributed by atoms with E-state index in [1.165, 1.54) is 0 Å². The van der Waals surface area contributed by atoms with E-state index in [-0.39, 0.29) is 18.0 Å². The van der Waals surface area contributed by atoms with Gasteiger partial charge in [0.1, 0.15) is 5.69 Å². The third-order valence-electron chi connectivity index (χ3n) is 4.36. The number of amides is 1. The second-order valence-electron chi connectivity index (χ2n) is 6.13. The molecule has 1 fully saturated rings. The summed E-state index contributed by atoms with van der Waals surface area (Å²) in [6.45, 7) is 2.49. The van der Waals surface area contributed by atoms with Crippen LogP contribution in [0.3, 0.4) is 0 Å². The van der Waals surface area contributed by atoms with E-state index in [1.807, 2.05) is 25.1 Å². The number of carbonyl (C=O) groups is 1. The van der Waals surface area contributed by atoms with E-state index in [1.54, 1.807) is 29.3 Å². The van der Waals surface area contributed by atoms with Crippen molar-refractivity contribution >= 4 is 5.91 Å². The molecule has 1 amide bonds. The van der Waals surface area contributed by atoms with Gasteiger partial charge in [0.2, 0.25) is 0 Å². The van der Waals surface area contributed by atoms with Gasteiger partial charge in [0.25, 0.3) is 5.91 Å². The molecule has 1 aromatic carbocycles. The van der Waals surface area contributed by atoms with E-state index in [0.717, 1.165) is 17.5 Å². The van der Waals surface area contributed by atoms with Gasteiger partial charge in [0, 0.05) is 24.8 Å². The minimum Gasteiger partial charge on any atom is -0.346 e. The van der Waals surface area contributed by atoms with Crippen LogP contribution in [0.25, 0.3) is 11.1 Å². The van der Waals surface area contributed by atoms with Gasteiger partial charge < -0.3 is 10.2 Å². The molecule has 124 valence electrons. The van der Waals surface area contributed by atoms with Gasteiger partial charge in [-0.15, -0.1) is 0 Å². The van der Waals surface area contributed by atoms with Crippen LogP contribution < -0.4 is 5.32 Å². The third-order valence-corrected chi connectivity index (χ3v) is 4.36. The Bertz CT molecular complexity index is 880. The maximum Gasteiger partial charge on any atom is 0.270 e. The van der Waals surface area contributed by atoms with E-state index in [2.05, 4.69) is 22.6 Å². The summed E-state index contributed by atoms with van der Waals surface area (Å²) in [7, 11) is 0. The number of hydrogen-bond donors (Lipinski definition) is 1. The Labute approximate surface area is 146 Å². The largest absolute Gasteiger partial charge is 0.346 e. The molecule has 0 bridgehead atoms. The molecule has 0 unspecified atom stereocenters. The Morgan fingerprint density at radius 3 is 2.80 bits per heavy atom. The second-order valence-corrected chi connectivity index (χ2v) is 6.13. The number of hydrogen-bond acceptors (Lipinski definition) is 5. The first kappa shape index (κ1) is 16.5. The van der Waals surface area contributed by atoms with Gasteiger partial charge >= 0.3 is 0 Å². The van der Waals surface area contributed by atoms with Crippen LogP contribution >= 0.6 is 0 Å². The van der Waals surface area contributed by atoms with Crippen molar-refractivity contribution in [2.24, 2.45) is 0 Å². The molecular formula is C19H17N5O. The van der Waals surface area contributed by atoms with Crippen LogP contribution in [-0.4, -0.2) is 34.4 Å². The zero-order chi connectivity index (χ0) is 17.8. The van der Waals surface area contributed by atoms with Crippen LogP contribution in [0.2, 0.25) is 0 Å². The quantitative estimate of drug-likeness (QED) is 0.871. The van der Waals surface area contributed by atoms with E-state index >= 15 is 0 Å². The average molecular weight is 331 g/mol. The van der Waals surface area contributed by atoms with Crippen molar-refractivity contribution in [2.45, 2.75) is 25.4 Å². The third kappa shape index (κ3) is 3.59. The molecule has 1 aliphatic rings. The molecule has 0 aliphatic carbocycles. The SMILES string of the molecule is C[C@@H]1C[C@@H](NC(=O)c2cc(-c3cccc(C#N)c3)ccn2)CN1C#N. The molecule has 0 saturated carbocycles. The lowest BCUT2D eigenvalue weighted by molar-refractivity contribution is 0.0934. The molecule has 25 heavy (non-hydrogen) atoms. The number of nitrogens with one attached hydrogen (secondary N) is 1. The fraction of sp³-hybridized carbons (Fsp3) is 0.263. The maximum absolute atomic E-state index is 12.5. The molecule has 2 atom stereocenters. The Hall–Kier alpha value is -3.38. The molecule has 0 spiro atoms. The molecule has 2 heterocycles. The molecular weight excluding hydrogens is 314 g/mol. The van der Waals surface area contributed by atoms with Gasteiger partial charge in [-0.25, -0.2) is 0 Å². The lowest BCUT2D eigenvalue weighted by atomic mass is 10.0. The Morgan fingerprint density at radius 2 is 2.08 bits per heavy atom. The summed E-state index contributed by atoms with van der Waals surface area (Å²) >= 11 is 0. The first-order valence-electron chi connectivity index (χ1n) is 8.04. The van der Waals surface area contributed by atoms with E-state index in [9.17, 15) is 4.79 Å². The summed E-state index contributed by atoms with van der Waals surface area (Å²) in [4.78, 5) is 18.3. The van der Waals surface area contributed by atoms with E-state index in [0.29, 0.717) is 17.8 Å². The average Bonchev–Trinajstić information content (AvgIpc) is 3.01. The summed E-state index contributed by atoms with van der Waals surface area (Å²) in [5, 5.41) is 21.0. The zero-order valence-corrected chi connectivity index (χ0v) is 13.8. The number of aromatic nitrogens is 1. The number of nitriles is 2. The smallest absolute Gasteiger partial charge is 0.270 e. The van der Waals surface area contributed by atoms with Crippen molar-refractivity contribution in [3.05, 3.63) is 53.9 Å². The lowest BCUT2D eigenvalue weighted by Gasteiger charge is -2.12. The van der Waals surface area contributed by atoms with Crippen molar-refractivity contribution in [2.75, 3.05) is 6.54 Å². The predicted octanol–water partition coefficient (Wildman–Crippen LogP) is 2.29. The molecule has 0 radical (unpaired) electrons. The van der Waals surface area contributed by atoms with Crippen LogP contribution in [0.5, 0.6) is 0 Å². The second kappa shape index (κ2) is 7.02. The number of rotatable bonds is 3. The maximum atomic E-state index is 12.5. The van der Waals surface area contributed by atoms with Gasteiger partial charge in [-0.3, -0.25) is 9.78 Å². The highest BCUT2D eigenvalue weighted by Crippen LogP contribution is 2.21. The van der Waals surface area contributed by atoms with Crippen LogP contribution in [-0.2, 0) is 0 Å². The number of benzene rings is 1. The highest BCUT2D eigenvalue weighted by atomic mass is 16.1. The molecule has 1 aliphatic heterocycles. The summed E-state index contributed by atoms with van der Waals surface area (Å²) in [5.41, 5.74) is 2.58. The number of pyridine rings is 1. The van der Waals surface area contributed by atoms with Crippen LogP contribution in [0.4, 0.5) is 0 Å². The molecule has 6 nitrogen and oxygen atoms in total. The predicted molar refractivity (Wildman–Crippen MR) is 92.0 cm³/mol. The number of nitrogens with zero attached hydrogens (tertiary/aromatic N) is 4. The monoisotopic (exact) mass is 331 g/mol. The molecule has 6 heteroatoms. The van der Waals surface area contributed by atoms with Gasteiger partial charge in [0.15, 0.2) is 6.19 Å². The van der Waals surface area contributed by atoms with Gasteiger partial charge in [-0.05, 0) is 48.7 Å². The standard InChI is InChI=1S/C19H17N5O/c1-13-7-17(11-24(13)12-21)23-19(25)18-9-16(5-6-22-18)15-4-2-3-14(8-15)10-20/h2-6,8-9,13,17H,7,11H2,1H3,(H,23,25)/t13-,17-/m1/s1. The van der Waals surface area contributed by atoms with Crippen molar-refractivity contribution in [3.8, 4) is 23.4 Å². The van der Waals surface area contributed by atoms with Crippen LogP contribution in [0.1, 0.15) is 29.4 Å². The molecule has 3 rings (SSSR count). The Balaban J connectivity index is 1.76. The molecule has 1 saturated heterocycles. The minimum absolute atomic E-state index is 0.0606. The number of likely N-dealkylation sites (tertiary alicyclic amines) is 1. The Kier molecular flexibility index (Phi) is 4.63. The van der Waals surface area contributed by atoms with Crippen LogP contribution in [0, 0.1) is 22.8 Å². The number of carbonyl (C=O) groups excluding carboxylic acids is 1. The molecule has 1 aromatic heterocycles. The van der Waals surface area contributed by atoms with Gasteiger partial charge in [-0.1, -0.05) is 12.1 Å². The first-order valence-corrected chi connectivity index (χ1v) is 8.04. The highest BCUT2D eigenvalue weighted by Gasteiger charge is 2.29. The fourth-order valence-electron chi connectivity index (χ4n) is 3.04. The Morgan fingerprint density at radius 1 is 1.28 bits per heavy atom. The fourth-order valence-corrected chi connectivity index (χ4v) is 3.04. The lowest BCUT2D eigenvalue weighted by Crippen LogP contribution is -2.36. The molecule has 1 N–H and O–H groups in total. The summed E-state index contributed by atoms with van der Waals surface area (Å²) in [6.07, 6.45) is 4.46. The van der Waals surface area contributed by atoms with Crippen molar-refractivity contribution in [1.29, 1.82) is 10.5 Å². The van der Waals surface area contributed by atoms with Crippen LogP contribution in [0.15, 0.2) is 42.6 Å². The molecule has 2 aromatic rings. The van der Waals surface area contributed by atoms with Gasteiger partial charge in [0.05, 0.1) is 11.6 Å². The van der Waals surface area contributed by atoms with E-state index < -0.39 is 0 Å². The summed E-state index contributed by atoms with van der Waals surface area (Å²) < 4.78 is 0. The van der Waals surface area contributed by atoms with Crippen molar-refractivity contribution in [3.63, 3.8) is 0 Å². The minimum atomic E-state index is -0.254. The first-order chi connectivity index (χ1) is 12.1. The van der Waals surface area contributed by atoms with Crippen molar-refractivity contribution < 1.29 is 4.79 Å². The van der Waals surface area contributed by atoms with E-state index in [4.69, 9.17) is 10.5 Å². The highest BCUT2D eigenvalue weighted by molar-refractivity contribution is 5.93. The van der Waals surface area contributed by atoms with Gasteiger partial charge in [-0.2, -0.15) is 10.5 Å². The zero-order valence-electron chi connectivity index (χ0n) is 13.8.